The van der Waals surface area contributed by atoms with Gasteiger partial charge < -0.3 is 11.1 Å². The molecule has 0 spiro atoms. The van der Waals surface area contributed by atoms with Gasteiger partial charge in [-0.1, -0.05) is 13.3 Å². The molecule has 4 heteroatoms. The maximum absolute atomic E-state index is 12.1. The van der Waals surface area contributed by atoms with Crippen molar-refractivity contribution >= 4 is 17.2 Å². The van der Waals surface area contributed by atoms with Crippen LogP contribution in [0.2, 0.25) is 0 Å². The summed E-state index contributed by atoms with van der Waals surface area (Å²) in [6.07, 6.45) is 1.61. The Balaban J connectivity index is 2.73. The van der Waals surface area contributed by atoms with Gasteiger partial charge in [-0.05, 0) is 45.7 Å². The van der Waals surface area contributed by atoms with Gasteiger partial charge >= 0.3 is 0 Å². The molecule has 0 bridgehead atoms. The van der Waals surface area contributed by atoms with Crippen LogP contribution in [0.1, 0.15) is 55.0 Å². The predicted octanol–water partition coefficient (Wildman–Crippen LogP) is 3.06. The van der Waals surface area contributed by atoms with Crippen molar-refractivity contribution in [2.45, 2.75) is 59.0 Å². The van der Waals surface area contributed by atoms with Crippen LogP contribution >= 0.6 is 11.3 Å². The zero-order valence-electron chi connectivity index (χ0n) is 12.0. The predicted molar refractivity (Wildman–Crippen MR) is 77.9 cm³/mol. The fourth-order valence-corrected chi connectivity index (χ4v) is 3.17. The molecular formula is C14H24N2OS. The van der Waals surface area contributed by atoms with E-state index in [1.165, 1.54) is 15.3 Å². The van der Waals surface area contributed by atoms with E-state index in [4.69, 9.17) is 5.73 Å². The molecule has 0 saturated heterocycles. The van der Waals surface area contributed by atoms with E-state index in [1.807, 2.05) is 13.8 Å². The van der Waals surface area contributed by atoms with Crippen LogP contribution in [0.15, 0.2) is 6.07 Å². The number of nitrogens with two attached hydrogens (primary N) is 1. The summed E-state index contributed by atoms with van der Waals surface area (Å²) >= 11 is 1.76. The minimum absolute atomic E-state index is 0.0159. The molecule has 3 nitrogen and oxygen atoms in total. The highest BCUT2D eigenvalue weighted by atomic mass is 32.1. The Morgan fingerprint density at radius 1 is 1.56 bits per heavy atom. The summed E-state index contributed by atoms with van der Waals surface area (Å²) in [5.41, 5.74) is 6.45. The van der Waals surface area contributed by atoms with Gasteiger partial charge in [0.15, 0.2) is 0 Å². The number of carbonyl (C=O) groups is 1. The molecule has 1 aromatic rings. The Labute approximate surface area is 114 Å². The highest BCUT2D eigenvalue weighted by Crippen LogP contribution is 2.26. The van der Waals surface area contributed by atoms with Crippen molar-refractivity contribution in [2.24, 2.45) is 5.73 Å². The van der Waals surface area contributed by atoms with Gasteiger partial charge in [-0.2, -0.15) is 0 Å². The summed E-state index contributed by atoms with van der Waals surface area (Å²) in [6, 6.07) is 2.15. The summed E-state index contributed by atoms with van der Waals surface area (Å²) in [5.74, 6) is -0.0693. The molecular weight excluding hydrogens is 244 g/mol. The van der Waals surface area contributed by atoms with Gasteiger partial charge in [0, 0.05) is 9.75 Å². The molecule has 0 aliphatic rings. The summed E-state index contributed by atoms with van der Waals surface area (Å²) < 4.78 is 0. The third kappa shape index (κ3) is 3.56. The third-order valence-electron chi connectivity index (χ3n) is 3.18. The Bertz CT molecular complexity index is 423. The second-order valence-corrected chi connectivity index (χ2v) is 6.69. The van der Waals surface area contributed by atoms with Crippen LogP contribution in [0.25, 0.3) is 0 Å². The van der Waals surface area contributed by atoms with Crippen LogP contribution in [-0.4, -0.2) is 11.4 Å². The van der Waals surface area contributed by atoms with E-state index < -0.39 is 5.54 Å². The maximum atomic E-state index is 12.1. The highest BCUT2D eigenvalue weighted by Gasteiger charge is 2.28. The quantitative estimate of drug-likeness (QED) is 0.862. The van der Waals surface area contributed by atoms with Crippen molar-refractivity contribution in [1.29, 1.82) is 0 Å². The standard InChI is InChI=1S/C14H24N2OS/c1-6-7-14(5,15)13(17)16-10(3)12-8-9(2)18-11(12)4/h8,10H,6-7,15H2,1-5H3,(H,16,17)/t10-,14+/m0/s1. The first kappa shape index (κ1) is 15.2. The van der Waals surface area contributed by atoms with Crippen molar-refractivity contribution in [3.05, 3.63) is 21.4 Å². The third-order valence-corrected chi connectivity index (χ3v) is 4.16. The van der Waals surface area contributed by atoms with Crippen LogP contribution in [0.5, 0.6) is 0 Å². The number of hydrogen-bond donors (Lipinski definition) is 2. The summed E-state index contributed by atoms with van der Waals surface area (Å²) in [7, 11) is 0. The van der Waals surface area contributed by atoms with Crippen molar-refractivity contribution < 1.29 is 4.79 Å². The molecule has 0 aliphatic carbocycles. The average molecular weight is 268 g/mol. The van der Waals surface area contributed by atoms with Crippen LogP contribution in [0.3, 0.4) is 0 Å². The molecule has 0 fully saturated rings. The van der Waals surface area contributed by atoms with E-state index in [9.17, 15) is 4.79 Å². The lowest BCUT2D eigenvalue weighted by atomic mass is 9.95. The van der Waals surface area contributed by atoms with Crippen molar-refractivity contribution in [2.75, 3.05) is 0 Å². The number of carbonyl (C=O) groups excluding carboxylic acids is 1. The fourth-order valence-electron chi connectivity index (χ4n) is 2.15. The molecule has 0 unspecified atom stereocenters. The fraction of sp³-hybridized carbons (Fsp3) is 0.643. The van der Waals surface area contributed by atoms with E-state index in [-0.39, 0.29) is 11.9 Å². The summed E-state index contributed by atoms with van der Waals surface area (Å²) in [6.45, 7) is 10.0. The lowest BCUT2D eigenvalue weighted by Crippen LogP contribution is -2.52. The van der Waals surface area contributed by atoms with Gasteiger partial charge in [-0.3, -0.25) is 4.79 Å². The zero-order chi connectivity index (χ0) is 13.9. The second kappa shape index (κ2) is 5.85. The highest BCUT2D eigenvalue weighted by molar-refractivity contribution is 7.12. The van der Waals surface area contributed by atoms with Gasteiger partial charge in [-0.15, -0.1) is 11.3 Å². The first-order valence-corrected chi connectivity index (χ1v) is 7.26. The Hall–Kier alpha value is -0.870. The molecule has 0 aromatic carbocycles. The summed E-state index contributed by atoms with van der Waals surface area (Å²) in [5, 5.41) is 3.02. The van der Waals surface area contributed by atoms with Crippen LogP contribution < -0.4 is 11.1 Å². The lowest BCUT2D eigenvalue weighted by molar-refractivity contribution is -0.126. The van der Waals surface area contributed by atoms with E-state index in [1.54, 1.807) is 18.3 Å². The zero-order valence-corrected chi connectivity index (χ0v) is 12.8. The molecule has 2 atom stereocenters. The van der Waals surface area contributed by atoms with E-state index in [0.29, 0.717) is 6.42 Å². The van der Waals surface area contributed by atoms with E-state index >= 15 is 0 Å². The van der Waals surface area contributed by atoms with Crippen molar-refractivity contribution in [3.8, 4) is 0 Å². The monoisotopic (exact) mass is 268 g/mol. The van der Waals surface area contributed by atoms with Crippen LogP contribution in [0, 0.1) is 13.8 Å². The Kier molecular flexibility index (Phi) is 4.93. The van der Waals surface area contributed by atoms with Crippen molar-refractivity contribution in [3.63, 3.8) is 0 Å². The largest absolute Gasteiger partial charge is 0.348 e. The number of amides is 1. The van der Waals surface area contributed by atoms with Crippen LogP contribution in [-0.2, 0) is 4.79 Å². The Morgan fingerprint density at radius 2 is 2.17 bits per heavy atom. The molecule has 18 heavy (non-hydrogen) atoms. The molecule has 1 aromatic heterocycles. The van der Waals surface area contributed by atoms with E-state index in [2.05, 4.69) is 25.2 Å². The SMILES string of the molecule is CCC[C@@](C)(N)C(=O)N[C@@H](C)c1cc(C)sc1C. The topological polar surface area (TPSA) is 55.1 Å². The minimum Gasteiger partial charge on any atom is -0.348 e. The molecule has 102 valence electrons. The van der Waals surface area contributed by atoms with Gasteiger partial charge in [0.05, 0.1) is 11.6 Å². The van der Waals surface area contributed by atoms with Gasteiger partial charge in [0.25, 0.3) is 0 Å². The number of hydrogen-bond acceptors (Lipinski definition) is 3. The number of aryl methyl sites for hydroxylation is 2. The first-order chi connectivity index (χ1) is 8.27. The molecule has 0 radical (unpaired) electrons. The number of nitrogens with one attached hydrogen (secondary N) is 1. The first-order valence-electron chi connectivity index (χ1n) is 6.44. The molecule has 0 aliphatic heterocycles. The summed E-state index contributed by atoms with van der Waals surface area (Å²) in [4.78, 5) is 14.7. The molecule has 3 N–H and O–H groups in total. The second-order valence-electron chi connectivity index (χ2n) is 5.23. The maximum Gasteiger partial charge on any atom is 0.240 e. The number of rotatable bonds is 5. The Morgan fingerprint density at radius 3 is 2.61 bits per heavy atom. The normalized spacial score (nSPS) is 16.1. The minimum atomic E-state index is -0.776. The molecule has 1 rings (SSSR count). The van der Waals surface area contributed by atoms with Crippen molar-refractivity contribution in [1.82, 2.24) is 5.32 Å². The average Bonchev–Trinajstić information content (AvgIpc) is 2.57. The van der Waals surface area contributed by atoms with Gasteiger partial charge in [0.2, 0.25) is 5.91 Å². The van der Waals surface area contributed by atoms with Gasteiger partial charge in [-0.25, -0.2) is 0 Å². The lowest BCUT2D eigenvalue weighted by Gasteiger charge is -2.25. The van der Waals surface area contributed by atoms with Crippen LogP contribution in [0.4, 0.5) is 0 Å². The molecule has 1 heterocycles. The smallest absolute Gasteiger partial charge is 0.240 e. The van der Waals surface area contributed by atoms with Gasteiger partial charge in [0.1, 0.15) is 0 Å². The number of thiophene rings is 1. The van der Waals surface area contributed by atoms with E-state index in [0.717, 1.165) is 6.42 Å². The molecule has 1 amide bonds. The molecule has 0 saturated carbocycles.